The predicted molar refractivity (Wildman–Crippen MR) is 82.8 cm³/mol. The molecular weight excluding hydrogens is 270 g/mol. The fourth-order valence-corrected chi connectivity index (χ4v) is 1.84. The average Bonchev–Trinajstić information content (AvgIpc) is 2.46. The van der Waals surface area contributed by atoms with E-state index >= 15 is 0 Å². The number of benzene rings is 1. The van der Waals surface area contributed by atoms with Crippen molar-refractivity contribution in [2.24, 2.45) is 16.3 Å². The molecular formula is C15H25N3O3. The number of hydrogen-bond acceptors (Lipinski definition) is 5. The van der Waals surface area contributed by atoms with Crippen molar-refractivity contribution in [3.63, 3.8) is 0 Å². The molecule has 1 aromatic rings. The lowest BCUT2D eigenvalue weighted by molar-refractivity contribution is 0.204. The molecule has 1 rings (SSSR count). The van der Waals surface area contributed by atoms with Crippen LogP contribution in [0.3, 0.4) is 0 Å². The van der Waals surface area contributed by atoms with Crippen LogP contribution in [0.25, 0.3) is 0 Å². The molecule has 0 saturated heterocycles. The molecule has 0 saturated carbocycles. The summed E-state index contributed by atoms with van der Waals surface area (Å²) >= 11 is 0. The van der Waals surface area contributed by atoms with Crippen LogP contribution in [0.1, 0.15) is 25.8 Å². The molecule has 1 aromatic carbocycles. The first-order chi connectivity index (χ1) is 9.98. The van der Waals surface area contributed by atoms with Gasteiger partial charge < -0.3 is 26.1 Å². The Morgan fingerprint density at radius 2 is 2.00 bits per heavy atom. The molecule has 118 valence electrons. The maximum absolute atomic E-state index is 8.95. The van der Waals surface area contributed by atoms with Crippen molar-refractivity contribution in [1.29, 1.82) is 0 Å². The van der Waals surface area contributed by atoms with Crippen molar-refractivity contribution in [2.75, 3.05) is 26.3 Å². The standard InChI is InChI=1S/C15H25N3O3/c1-15(2,7-9-19)11-17-8-10-21-13-5-3-12(4-6-13)14(16)18-20/h3-6,17,19-20H,7-11H2,1-2H3,(H2,16,18). The normalized spacial score (nSPS) is 12.4. The number of ether oxygens (including phenoxy) is 1. The monoisotopic (exact) mass is 295 g/mol. The molecule has 0 aromatic heterocycles. The zero-order valence-electron chi connectivity index (χ0n) is 12.7. The van der Waals surface area contributed by atoms with Crippen molar-refractivity contribution in [1.82, 2.24) is 5.32 Å². The highest BCUT2D eigenvalue weighted by molar-refractivity contribution is 5.97. The van der Waals surface area contributed by atoms with Crippen LogP contribution in [0, 0.1) is 5.41 Å². The largest absolute Gasteiger partial charge is 0.492 e. The van der Waals surface area contributed by atoms with Gasteiger partial charge in [-0.1, -0.05) is 19.0 Å². The summed E-state index contributed by atoms with van der Waals surface area (Å²) in [6, 6.07) is 7.04. The third-order valence-corrected chi connectivity index (χ3v) is 3.20. The van der Waals surface area contributed by atoms with Gasteiger partial charge in [-0.25, -0.2) is 0 Å². The summed E-state index contributed by atoms with van der Waals surface area (Å²) < 4.78 is 5.59. The van der Waals surface area contributed by atoms with E-state index in [1.54, 1.807) is 24.3 Å². The summed E-state index contributed by atoms with van der Waals surface area (Å²) in [6.07, 6.45) is 0.774. The Labute approximate surface area is 125 Å². The smallest absolute Gasteiger partial charge is 0.170 e. The minimum Gasteiger partial charge on any atom is -0.492 e. The number of nitrogens with one attached hydrogen (secondary N) is 1. The van der Waals surface area contributed by atoms with Crippen LogP contribution in [-0.2, 0) is 0 Å². The number of aliphatic hydroxyl groups is 1. The van der Waals surface area contributed by atoms with Crippen molar-refractivity contribution < 1.29 is 15.1 Å². The second-order valence-corrected chi connectivity index (χ2v) is 5.67. The molecule has 21 heavy (non-hydrogen) atoms. The lowest BCUT2D eigenvalue weighted by atomic mass is 9.90. The zero-order chi connectivity index (χ0) is 15.7. The summed E-state index contributed by atoms with van der Waals surface area (Å²) in [4.78, 5) is 0. The van der Waals surface area contributed by atoms with Crippen LogP contribution in [-0.4, -0.2) is 42.5 Å². The van der Waals surface area contributed by atoms with E-state index in [1.807, 2.05) is 0 Å². The molecule has 0 heterocycles. The third-order valence-electron chi connectivity index (χ3n) is 3.20. The van der Waals surface area contributed by atoms with Crippen LogP contribution in [0.4, 0.5) is 0 Å². The number of nitrogens with zero attached hydrogens (tertiary/aromatic N) is 1. The van der Waals surface area contributed by atoms with Gasteiger partial charge >= 0.3 is 0 Å². The number of aliphatic hydroxyl groups excluding tert-OH is 1. The van der Waals surface area contributed by atoms with Gasteiger partial charge in [-0.3, -0.25) is 0 Å². The van der Waals surface area contributed by atoms with Gasteiger partial charge in [0.2, 0.25) is 0 Å². The van der Waals surface area contributed by atoms with Crippen molar-refractivity contribution >= 4 is 5.84 Å². The van der Waals surface area contributed by atoms with E-state index in [0.717, 1.165) is 25.3 Å². The van der Waals surface area contributed by atoms with Gasteiger partial charge in [0.25, 0.3) is 0 Å². The van der Waals surface area contributed by atoms with Gasteiger partial charge in [0.1, 0.15) is 12.4 Å². The molecule has 5 N–H and O–H groups in total. The van der Waals surface area contributed by atoms with Crippen LogP contribution in [0.5, 0.6) is 5.75 Å². The second kappa shape index (κ2) is 8.49. The number of amidine groups is 1. The molecule has 0 fully saturated rings. The topological polar surface area (TPSA) is 100 Å². The van der Waals surface area contributed by atoms with Gasteiger partial charge in [0.05, 0.1) is 0 Å². The zero-order valence-corrected chi connectivity index (χ0v) is 12.7. The summed E-state index contributed by atoms with van der Waals surface area (Å²) in [5.74, 6) is 0.815. The quantitative estimate of drug-likeness (QED) is 0.180. The molecule has 6 heteroatoms. The molecule has 0 spiro atoms. The fraction of sp³-hybridized carbons (Fsp3) is 0.533. The van der Waals surface area contributed by atoms with Crippen LogP contribution in [0.15, 0.2) is 29.4 Å². The Hall–Kier alpha value is -1.79. The van der Waals surface area contributed by atoms with Crippen LogP contribution >= 0.6 is 0 Å². The fourth-order valence-electron chi connectivity index (χ4n) is 1.84. The maximum atomic E-state index is 8.95. The number of nitrogens with two attached hydrogens (primary N) is 1. The lowest BCUT2D eigenvalue weighted by Crippen LogP contribution is -2.32. The van der Waals surface area contributed by atoms with Crippen molar-refractivity contribution in [2.45, 2.75) is 20.3 Å². The SMILES string of the molecule is CC(C)(CCO)CNCCOc1ccc(/C(N)=N/O)cc1. The molecule has 0 unspecified atom stereocenters. The van der Waals surface area contributed by atoms with Crippen molar-refractivity contribution in [3.8, 4) is 5.75 Å². The lowest BCUT2D eigenvalue weighted by Gasteiger charge is -2.23. The first kappa shape index (κ1) is 17.3. The molecule has 0 atom stereocenters. The predicted octanol–water partition coefficient (Wildman–Crippen LogP) is 1.16. The highest BCUT2D eigenvalue weighted by Crippen LogP contribution is 2.17. The Bertz CT molecular complexity index is 444. The van der Waals surface area contributed by atoms with Gasteiger partial charge in [-0.05, 0) is 36.1 Å². The highest BCUT2D eigenvalue weighted by atomic mass is 16.5. The number of rotatable bonds is 9. The molecule has 0 aliphatic carbocycles. The molecule has 6 nitrogen and oxygen atoms in total. The summed E-state index contributed by atoms with van der Waals surface area (Å²) in [6.45, 7) is 6.55. The Morgan fingerprint density at radius 1 is 1.33 bits per heavy atom. The Kier molecular flexibility index (Phi) is 6.98. The first-order valence-electron chi connectivity index (χ1n) is 7.01. The molecule has 0 aliphatic rings. The van der Waals surface area contributed by atoms with E-state index in [4.69, 9.17) is 20.8 Å². The Balaban J connectivity index is 2.27. The van der Waals surface area contributed by atoms with E-state index in [1.165, 1.54) is 0 Å². The summed E-state index contributed by atoms with van der Waals surface area (Å²) in [5.41, 5.74) is 6.21. The van der Waals surface area contributed by atoms with E-state index in [0.29, 0.717) is 12.2 Å². The van der Waals surface area contributed by atoms with E-state index in [2.05, 4.69) is 24.3 Å². The molecule has 0 aliphatic heterocycles. The van der Waals surface area contributed by atoms with E-state index in [9.17, 15) is 0 Å². The maximum Gasteiger partial charge on any atom is 0.170 e. The average molecular weight is 295 g/mol. The second-order valence-electron chi connectivity index (χ2n) is 5.67. The van der Waals surface area contributed by atoms with E-state index in [-0.39, 0.29) is 17.9 Å². The van der Waals surface area contributed by atoms with Gasteiger partial charge in [-0.2, -0.15) is 0 Å². The molecule has 0 bridgehead atoms. The minimum absolute atomic E-state index is 0.0781. The first-order valence-corrected chi connectivity index (χ1v) is 7.01. The third kappa shape index (κ3) is 6.46. The van der Waals surface area contributed by atoms with Gasteiger partial charge in [-0.15, -0.1) is 0 Å². The molecule has 0 amide bonds. The molecule has 0 radical (unpaired) electrons. The number of oxime groups is 1. The number of hydrogen-bond donors (Lipinski definition) is 4. The summed E-state index contributed by atoms with van der Waals surface area (Å²) in [7, 11) is 0. The minimum atomic E-state index is 0.0781. The van der Waals surface area contributed by atoms with Crippen LogP contribution in [0.2, 0.25) is 0 Å². The highest BCUT2D eigenvalue weighted by Gasteiger charge is 2.15. The van der Waals surface area contributed by atoms with Crippen molar-refractivity contribution in [3.05, 3.63) is 29.8 Å². The Morgan fingerprint density at radius 3 is 2.57 bits per heavy atom. The van der Waals surface area contributed by atoms with Gasteiger partial charge in [0, 0.05) is 25.3 Å². The summed E-state index contributed by atoms with van der Waals surface area (Å²) in [5, 5.41) is 23.8. The van der Waals surface area contributed by atoms with E-state index < -0.39 is 0 Å². The van der Waals surface area contributed by atoms with Crippen LogP contribution < -0.4 is 15.8 Å². The van der Waals surface area contributed by atoms with Gasteiger partial charge in [0.15, 0.2) is 5.84 Å².